The molecule has 9 nitrogen and oxygen atoms in total. The lowest BCUT2D eigenvalue weighted by Crippen LogP contribution is -2.39. The average molecular weight is 685 g/mol. The molecule has 1 N–H and O–H groups in total. The van der Waals surface area contributed by atoms with Crippen molar-refractivity contribution in [2.75, 3.05) is 14.1 Å². The molecule has 5 aromatic carbocycles. The lowest BCUT2D eigenvalue weighted by molar-refractivity contribution is 0.451. The largest absolute Gasteiger partial charge is 0.369 e. The summed E-state index contributed by atoms with van der Waals surface area (Å²) >= 11 is 0. The standard InChI is InChI=1S/C43H40N8O/c1-4-16-39-38(41(52)46-42(45-39)44-30-50(2)3)29-31-25-27-32(28-26-31)36-23-14-15-24-37(36)40-47-48-49-51(40)43(33-17-8-5-9-18-33,34-19-10-6-11-20-34)35-21-12-7-13-22-35/h5-15,17-28,30H,4,16,29H2,1-3H3,(H,45,46,52). The van der Waals surface area contributed by atoms with Crippen LogP contribution in [0.2, 0.25) is 0 Å². The summed E-state index contributed by atoms with van der Waals surface area (Å²) in [5.41, 5.74) is 7.41. The van der Waals surface area contributed by atoms with Gasteiger partial charge in [-0.1, -0.05) is 153 Å². The monoisotopic (exact) mass is 684 g/mol. The van der Waals surface area contributed by atoms with Gasteiger partial charge in [-0.05, 0) is 50.2 Å². The Morgan fingerprint density at radius 2 is 1.31 bits per heavy atom. The predicted molar refractivity (Wildman–Crippen MR) is 207 cm³/mol. The quantitative estimate of drug-likeness (QED) is 0.0804. The molecule has 2 aromatic heterocycles. The molecule has 0 saturated carbocycles. The number of aromatic nitrogens is 6. The SMILES string of the molecule is CCCc1nc(N=CN(C)C)[nH]c(=O)c1Cc1ccc(-c2ccccc2-c2nnnn2C(c2ccccc2)(c2ccccc2)c2ccccc2)cc1. The second-order valence-corrected chi connectivity index (χ2v) is 12.9. The Balaban J connectivity index is 1.31. The van der Waals surface area contributed by atoms with Gasteiger partial charge in [0.2, 0.25) is 5.95 Å². The topological polar surface area (TPSA) is 105 Å². The maximum Gasteiger partial charge on any atom is 0.256 e. The molecule has 0 aliphatic carbocycles. The Kier molecular flexibility index (Phi) is 9.93. The molecule has 7 rings (SSSR count). The fourth-order valence-corrected chi connectivity index (χ4v) is 6.81. The fourth-order valence-electron chi connectivity index (χ4n) is 6.81. The van der Waals surface area contributed by atoms with E-state index in [0.29, 0.717) is 30.2 Å². The highest BCUT2D eigenvalue weighted by atomic mass is 16.1. The van der Waals surface area contributed by atoms with Crippen LogP contribution in [0.5, 0.6) is 0 Å². The first-order valence-corrected chi connectivity index (χ1v) is 17.5. The molecule has 0 radical (unpaired) electrons. The molecule has 0 fully saturated rings. The summed E-state index contributed by atoms with van der Waals surface area (Å²) in [5, 5.41) is 13.8. The van der Waals surface area contributed by atoms with E-state index in [1.807, 2.05) is 49.1 Å². The van der Waals surface area contributed by atoms with E-state index in [0.717, 1.165) is 51.1 Å². The summed E-state index contributed by atoms with van der Waals surface area (Å²) in [4.78, 5) is 26.9. The number of nitrogens with one attached hydrogen (secondary N) is 1. The fraction of sp³-hybridized carbons (Fsp3) is 0.163. The molecule has 7 aromatic rings. The van der Waals surface area contributed by atoms with Crippen LogP contribution in [0.1, 0.15) is 46.9 Å². The van der Waals surface area contributed by atoms with Crippen molar-refractivity contribution in [3.63, 3.8) is 0 Å². The van der Waals surface area contributed by atoms with E-state index in [4.69, 9.17) is 10.3 Å². The molecule has 0 unspecified atom stereocenters. The van der Waals surface area contributed by atoms with Crippen LogP contribution in [-0.4, -0.2) is 55.5 Å². The third-order valence-electron chi connectivity index (χ3n) is 9.16. The summed E-state index contributed by atoms with van der Waals surface area (Å²) in [6, 6.07) is 47.7. The lowest BCUT2D eigenvalue weighted by atomic mass is 9.77. The van der Waals surface area contributed by atoms with Crippen LogP contribution in [0.25, 0.3) is 22.5 Å². The zero-order chi connectivity index (χ0) is 35.9. The summed E-state index contributed by atoms with van der Waals surface area (Å²) in [6.45, 7) is 2.08. The minimum Gasteiger partial charge on any atom is -0.369 e. The molecule has 0 aliphatic heterocycles. The van der Waals surface area contributed by atoms with E-state index >= 15 is 0 Å². The van der Waals surface area contributed by atoms with Crippen molar-refractivity contribution in [1.82, 2.24) is 35.1 Å². The van der Waals surface area contributed by atoms with Gasteiger partial charge in [0.25, 0.3) is 5.56 Å². The molecule has 2 heterocycles. The molecule has 258 valence electrons. The summed E-state index contributed by atoms with van der Waals surface area (Å²) < 4.78 is 1.96. The highest BCUT2D eigenvalue weighted by molar-refractivity contribution is 5.81. The van der Waals surface area contributed by atoms with Gasteiger partial charge < -0.3 is 4.90 Å². The van der Waals surface area contributed by atoms with Gasteiger partial charge in [-0.25, -0.2) is 14.7 Å². The number of nitrogens with zero attached hydrogens (tertiary/aromatic N) is 7. The summed E-state index contributed by atoms with van der Waals surface area (Å²) in [5.74, 6) is 0.950. The van der Waals surface area contributed by atoms with Crippen molar-refractivity contribution in [3.8, 4) is 22.5 Å². The smallest absolute Gasteiger partial charge is 0.256 e. The Morgan fingerprint density at radius 3 is 1.87 bits per heavy atom. The molecule has 0 aliphatic rings. The molecule has 52 heavy (non-hydrogen) atoms. The maximum atomic E-state index is 13.3. The lowest BCUT2D eigenvalue weighted by Gasteiger charge is -2.36. The number of hydrogen-bond acceptors (Lipinski definition) is 6. The van der Waals surface area contributed by atoms with E-state index in [1.165, 1.54) is 0 Å². The van der Waals surface area contributed by atoms with Crippen molar-refractivity contribution in [3.05, 3.63) is 183 Å². The third-order valence-corrected chi connectivity index (χ3v) is 9.16. The predicted octanol–water partition coefficient (Wildman–Crippen LogP) is 7.70. The van der Waals surface area contributed by atoms with Crippen LogP contribution in [-0.2, 0) is 18.4 Å². The Hall–Kier alpha value is -6.48. The molecule has 0 bridgehead atoms. The van der Waals surface area contributed by atoms with Gasteiger partial charge >= 0.3 is 0 Å². The van der Waals surface area contributed by atoms with Gasteiger partial charge in [0, 0.05) is 31.6 Å². The molecule has 0 amide bonds. The van der Waals surface area contributed by atoms with Gasteiger partial charge in [0.15, 0.2) is 5.82 Å². The number of rotatable bonds is 12. The van der Waals surface area contributed by atoms with Gasteiger partial charge in [0.05, 0.1) is 12.0 Å². The third kappa shape index (κ3) is 6.68. The van der Waals surface area contributed by atoms with Crippen LogP contribution in [0.15, 0.2) is 149 Å². The van der Waals surface area contributed by atoms with Crippen molar-refractivity contribution in [2.45, 2.75) is 31.7 Å². The van der Waals surface area contributed by atoms with E-state index < -0.39 is 5.54 Å². The second-order valence-electron chi connectivity index (χ2n) is 12.9. The van der Waals surface area contributed by atoms with E-state index in [1.54, 1.807) is 11.2 Å². The molecule has 9 heteroatoms. The van der Waals surface area contributed by atoms with Gasteiger partial charge in [0.1, 0.15) is 5.54 Å². The van der Waals surface area contributed by atoms with E-state index in [2.05, 4.69) is 136 Å². The minimum absolute atomic E-state index is 0.163. The highest BCUT2D eigenvalue weighted by Gasteiger charge is 2.42. The Morgan fingerprint density at radius 1 is 0.750 bits per heavy atom. The average Bonchev–Trinajstić information content (AvgIpc) is 3.67. The van der Waals surface area contributed by atoms with Crippen molar-refractivity contribution < 1.29 is 0 Å². The first-order valence-electron chi connectivity index (χ1n) is 17.5. The number of hydrogen-bond donors (Lipinski definition) is 1. The summed E-state index contributed by atoms with van der Waals surface area (Å²) in [7, 11) is 3.75. The Labute approximate surface area is 303 Å². The zero-order valence-corrected chi connectivity index (χ0v) is 29.5. The van der Waals surface area contributed by atoms with Crippen LogP contribution in [0, 0.1) is 0 Å². The number of H-pyrrole nitrogens is 1. The number of aliphatic imine (C=N–C) groups is 1. The van der Waals surface area contributed by atoms with Gasteiger partial charge in [-0.15, -0.1) is 5.10 Å². The first-order chi connectivity index (χ1) is 25.5. The molecule has 0 atom stereocenters. The molecular formula is C43H40N8O. The van der Waals surface area contributed by atoms with Crippen LogP contribution < -0.4 is 5.56 Å². The van der Waals surface area contributed by atoms with Gasteiger partial charge in [-0.2, -0.15) is 0 Å². The maximum absolute atomic E-state index is 13.3. The van der Waals surface area contributed by atoms with Crippen LogP contribution in [0.3, 0.4) is 0 Å². The van der Waals surface area contributed by atoms with Crippen molar-refractivity contribution >= 4 is 12.3 Å². The number of aromatic amines is 1. The first kappa shape index (κ1) is 34.0. The summed E-state index contributed by atoms with van der Waals surface area (Å²) in [6.07, 6.45) is 3.66. The normalized spacial score (nSPS) is 11.6. The van der Waals surface area contributed by atoms with Gasteiger partial charge in [-0.3, -0.25) is 9.78 Å². The molecular weight excluding hydrogens is 645 g/mol. The molecule has 0 spiro atoms. The number of tetrazole rings is 1. The number of benzene rings is 5. The molecule has 0 saturated heterocycles. The van der Waals surface area contributed by atoms with E-state index in [-0.39, 0.29) is 5.56 Å². The van der Waals surface area contributed by atoms with Crippen molar-refractivity contribution in [2.24, 2.45) is 4.99 Å². The van der Waals surface area contributed by atoms with E-state index in [9.17, 15) is 4.79 Å². The highest BCUT2D eigenvalue weighted by Crippen LogP contribution is 2.43. The minimum atomic E-state index is -0.871. The zero-order valence-electron chi connectivity index (χ0n) is 29.5. The van der Waals surface area contributed by atoms with Crippen molar-refractivity contribution in [1.29, 1.82) is 0 Å². The second kappa shape index (κ2) is 15.2. The number of aryl methyl sites for hydroxylation is 1. The van der Waals surface area contributed by atoms with Crippen LogP contribution >= 0.6 is 0 Å². The van der Waals surface area contributed by atoms with Crippen LogP contribution in [0.4, 0.5) is 5.95 Å². The Bertz CT molecular complexity index is 2230.